The van der Waals surface area contributed by atoms with Gasteiger partial charge < -0.3 is 9.84 Å². The zero-order valence-corrected chi connectivity index (χ0v) is 12.1. The van der Waals surface area contributed by atoms with Gasteiger partial charge in [0, 0.05) is 0 Å². The Morgan fingerprint density at radius 1 is 1.50 bits per heavy atom. The molecular formula is C12H10BrNO3S. The summed E-state index contributed by atoms with van der Waals surface area (Å²) < 4.78 is 5.61. The van der Waals surface area contributed by atoms with E-state index >= 15 is 0 Å². The van der Waals surface area contributed by atoms with Crippen molar-refractivity contribution in [3.05, 3.63) is 33.2 Å². The topological polar surface area (TPSA) is 59.4 Å². The molecule has 18 heavy (non-hydrogen) atoms. The molecule has 0 bridgehead atoms. The number of aromatic nitrogens is 1. The fourth-order valence-corrected chi connectivity index (χ4v) is 3.06. The maximum atomic E-state index is 11.0. The number of aromatic carboxylic acids is 1. The standard InChI is InChI=1S/C12H10BrNO3S/c1-6-3-4-8(17-2)7(5-6)11-14-10(13)9(18-11)12(15)16/h3-5H,1-2H3,(H,15,16). The number of hydrogen-bond donors (Lipinski definition) is 1. The fourth-order valence-electron chi connectivity index (χ4n) is 1.54. The molecule has 0 saturated carbocycles. The zero-order chi connectivity index (χ0) is 13.3. The van der Waals surface area contributed by atoms with Crippen molar-refractivity contribution in [2.45, 2.75) is 6.92 Å². The number of rotatable bonds is 3. The molecule has 0 atom stereocenters. The van der Waals surface area contributed by atoms with Crippen molar-refractivity contribution in [2.75, 3.05) is 7.11 Å². The van der Waals surface area contributed by atoms with Crippen LogP contribution in [-0.2, 0) is 0 Å². The second-order valence-corrected chi connectivity index (χ2v) is 5.40. The van der Waals surface area contributed by atoms with Gasteiger partial charge >= 0.3 is 5.97 Å². The molecule has 2 rings (SSSR count). The Hall–Kier alpha value is -1.40. The van der Waals surface area contributed by atoms with Gasteiger partial charge in [0.2, 0.25) is 0 Å². The van der Waals surface area contributed by atoms with Gasteiger partial charge in [0.15, 0.2) is 0 Å². The van der Waals surface area contributed by atoms with Crippen LogP contribution in [0.1, 0.15) is 15.2 Å². The van der Waals surface area contributed by atoms with E-state index in [1.165, 1.54) is 0 Å². The quantitative estimate of drug-likeness (QED) is 0.935. The third-order valence-corrected chi connectivity index (χ3v) is 4.28. The zero-order valence-electron chi connectivity index (χ0n) is 9.73. The molecule has 0 aliphatic rings. The van der Waals surface area contributed by atoms with Crippen LogP contribution in [-0.4, -0.2) is 23.2 Å². The Morgan fingerprint density at radius 3 is 2.78 bits per heavy atom. The van der Waals surface area contributed by atoms with Gasteiger partial charge in [-0.15, -0.1) is 11.3 Å². The van der Waals surface area contributed by atoms with Crippen molar-refractivity contribution in [1.82, 2.24) is 4.98 Å². The van der Waals surface area contributed by atoms with Crippen LogP contribution in [0.15, 0.2) is 22.8 Å². The van der Waals surface area contributed by atoms with Crippen LogP contribution in [0.5, 0.6) is 5.75 Å². The normalized spacial score (nSPS) is 10.4. The number of thiazole rings is 1. The molecule has 1 aromatic heterocycles. The van der Waals surface area contributed by atoms with E-state index < -0.39 is 5.97 Å². The highest BCUT2D eigenvalue weighted by molar-refractivity contribution is 9.10. The molecule has 0 fully saturated rings. The molecule has 4 nitrogen and oxygen atoms in total. The molecule has 2 aromatic rings. The van der Waals surface area contributed by atoms with Gasteiger partial charge in [-0.25, -0.2) is 9.78 Å². The maximum absolute atomic E-state index is 11.0. The summed E-state index contributed by atoms with van der Waals surface area (Å²) in [6, 6.07) is 5.71. The first-order chi connectivity index (χ1) is 8.52. The molecule has 0 spiro atoms. The molecule has 0 amide bonds. The number of benzene rings is 1. The monoisotopic (exact) mass is 327 g/mol. The van der Waals surface area contributed by atoms with Gasteiger partial charge in [-0.05, 0) is 35.0 Å². The van der Waals surface area contributed by atoms with Crippen molar-refractivity contribution in [2.24, 2.45) is 0 Å². The minimum absolute atomic E-state index is 0.188. The molecule has 0 unspecified atom stereocenters. The lowest BCUT2D eigenvalue weighted by Crippen LogP contribution is -1.91. The number of aryl methyl sites for hydroxylation is 1. The highest BCUT2D eigenvalue weighted by Gasteiger charge is 2.18. The van der Waals surface area contributed by atoms with Crippen LogP contribution in [0, 0.1) is 6.92 Å². The lowest BCUT2D eigenvalue weighted by atomic mass is 10.1. The number of methoxy groups -OCH3 is 1. The molecule has 94 valence electrons. The van der Waals surface area contributed by atoms with Crippen LogP contribution in [0.3, 0.4) is 0 Å². The molecule has 1 aromatic carbocycles. The smallest absolute Gasteiger partial charge is 0.348 e. The predicted molar refractivity (Wildman–Crippen MR) is 73.5 cm³/mol. The highest BCUT2D eigenvalue weighted by Crippen LogP contribution is 2.36. The number of nitrogens with zero attached hydrogens (tertiary/aromatic N) is 1. The fraction of sp³-hybridized carbons (Fsp3) is 0.167. The molecule has 0 saturated heterocycles. The average molecular weight is 328 g/mol. The van der Waals surface area contributed by atoms with E-state index in [1.807, 2.05) is 25.1 Å². The lowest BCUT2D eigenvalue weighted by molar-refractivity contribution is 0.0701. The Labute approximate surface area is 116 Å². The number of ether oxygens (including phenoxy) is 1. The van der Waals surface area contributed by atoms with Gasteiger partial charge in [-0.2, -0.15) is 0 Å². The summed E-state index contributed by atoms with van der Waals surface area (Å²) in [5, 5.41) is 9.64. The third kappa shape index (κ3) is 2.39. The van der Waals surface area contributed by atoms with Crippen molar-refractivity contribution in [1.29, 1.82) is 0 Å². The van der Waals surface area contributed by atoms with Gasteiger partial charge in [0.05, 0.1) is 12.7 Å². The first-order valence-corrected chi connectivity index (χ1v) is 6.68. The maximum Gasteiger partial charge on any atom is 0.348 e. The number of halogens is 1. The third-order valence-electron chi connectivity index (χ3n) is 2.37. The number of carbonyl (C=O) groups is 1. The van der Waals surface area contributed by atoms with E-state index in [1.54, 1.807) is 7.11 Å². The summed E-state index contributed by atoms with van der Waals surface area (Å²) in [6.07, 6.45) is 0. The minimum atomic E-state index is -0.989. The van der Waals surface area contributed by atoms with Gasteiger partial charge in [-0.1, -0.05) is 11.6 Å². The summed E-state index contributed by atoms with van der Waals surface area (Å²) >= 11 is 4.28. The molecule has 0 aliphatic carbocycles. The predicted octanol–water partition coefficient (Wildman–Crippen LogP) is 3.59. The van der Waals surface area contributed by atoms with E-state index in [9.17, 15) is 4.79 Å². The van der Waals surface area contributed by atoms with Crippen molar-refractivity contribution in [3.8, 4) is 16.3 Å². The number of carboxylic acid groups (broad SMARTS) is 1. The second kappa shape index (κ2) is 5.07. The van der Waals surface area contributed by atoms with Crippen LogP contribution >= 0.6 is 27.3 Å². The minimum Gasteiger partial charge on any atom is -0.496 e. The van der Waals surface area contributed by atoms with Crippen molar-refractivity contribution < 1.29 is 14.6 Å². The first kappa shape index (κ1) is 13.0. The van der Waals surface area contributed by atoms with Gasteiger partial charge in [0.1, 0.15) is 20.2 Å². The number of carboxylic acids is 1. The van der Waals surface area contributed by atoms with E-state index in [4.69, 9.17) is 9.84 Å². The second-order valence-electron chi connectivity index (χ2n) is 3.65. The van der Waals surface area contributed by atoms with E-state index in [0.717, 1.165) is 22.5 Å². The van der Waals surface area contributed by atoms with Crippen LogP contribution in [0.4, 0.5) is 0 Å². The Morgan fingerprint density at radius 2 is 2.22 bits per heavy atom. The molecule has 1 heterocycles. The van der Waals surface area contributed by atoms with E-state index in [0.29, 0.717) is 15.4 Å². The molecule has 0 aliphatic heterocycles. The molecule has 6 heteroatoms. The van der Waals surface area contributed by atoms with Gasteiger partial charge in [-0.3, -0.25) is 0 Å². The first-order valence-electron chi connectivity index (χ1n) is 5.07. The number of hydrogen-bond acceptors (Lipinski definition) is 4. The Bertz CT molecular complexity index is 609. The SMILES string of the molecule is COc1ccc(C)cc1-c1nc(Br)c(C(=O)O)s1. The molecular weight excluding hydrogens is 318 g/mol. The Kier molecular flexibility index (Phi) is 3.68. The van der Waals surface area contributed by atoms with Crippen LogP contribution < -0.4 is 4.74 Å². The summed E-state index contributed by atoms with van der Waals surface area (Å²) in [7, 11) is 1.58. The van der Waals surface area contributed by atoms with Crippen LogP contribution in [0.25, 0.3) is 10.6 Å². The largest absolute Gasteiger partial charge is 0.496 e. The van der Waals surface area contributed by atoms with Crippen LogP contribution in [0.2, 0.25) is 0 Å². The molecule has 0 radical (unpaired) electrons. The lowest BCUT2D eigenvalue weighted by Gasteiger charge is -2.06. The van der Waals surface area contributed by atoms with Crippen molar-refractivity contribution >= 4 is 33.2 Å². The summed E-state index contributed by atoms with van der Waals surface area (Å²) in [4.78, 5) is 15.4. The highest BCUT2D eigenvalue weighted by atomic mass is 79.9. The van der Waals surface area contributed by atoms with E-state index in [2.05, 4.69) is 20.9 Å². The summed E-state index contributed by atoms with van der Waals surface area (Å²) in [6.45, 7) is 1.96. The average Bonchev–Trinajstić information content (AvgIpc) is 2.71. The Balaban J connectivity index is 2.58. The summed E-state index contributed by atoms with van der Waals surface area (Å²) in [5.41, 5.74) is 1.87. The molecule has 1 N–H and O–H groups in total. The van der Waals surface area contributed by atoms with Crippen molar-refractivity contribution in [3.63, 3.8) is 0 Å². The van der Waals surface area contributed by atoms with E-state index in [-0.39, 0.29) is 4.88 Å². The van der Waals surface area contributed by atoms with Gasteiger partial charge in [0.25, 0.3) is 0 Å². The summed E-state index contributed by atoms with van der Waals surface area (Å²) in [5.74, 6) is -0.309.